The van der Waals surface area contributed by atoms with Crippen molar-refractivity contribution in [3.63, 3.8) is 0 Å². The van der Waals surface area contributed by atoms with E-state index in [9.17, 15) is 4.79 Å². The average molecular weight is 175 g/mol. The molecule has 0 aromatic carbocycles. The van der Waals surface area contributed by atoms with E-state index < -0.39 is 0 Å². The Labute approximate surface area is 74.2 Å². The van der Waals surface area contributed by atoms with Crippen molar-refractivity contribution in [2.45, 2.75) is 18.8 Å². The lowest BCUT2D eigenvalue weighted by Crippen LogP contribution is -2.14. The van der Waals surface area contributed by atoms with Gasteiger partial charge in [0, 0.05) is 12.1 Å². The van der Waals surface area contributed by atoms with Crippen LogP contribution in [0.4, 0.5) is 0 Å². The van der Waals surface area contributed by atoms with Crippen molar-refractivity contribution in [1.29, 1.82) is 0 Å². The minimum atomic E-state index is -0.0399. The van der Waals surface area contributed by atoms with E-state index in [-0.39, 0.29) is 5.56 Å². The van der Waals surface area contributed by atoms with Crippen molar-refractivity contribution in [3.05, 3.63) is 34.5 Å². The molecular formula is C9H9N3O. The second-order valence-corrected chi connectivity index (χ2v) is 3.45. The van der Waals surface area contributed by atoms with Gasteiger partial charge in [-0.15, -0.1) is 0 Å². The van der Waals surface area contributed by atoms with Crippen LogP contribution >= 0.6 is 0 Å². The smallest absolute Gasteiger partial charge is 0.275 e. The molecule has 4 heteroatoms. The molecule has 0 spiro atoms. The van der Waals surface area contributed by atoms with Crippen molar-refractivity contribution in [2.24, 2.45) is 0 Å². The van der Waals surface area contributed by atoms with Crippen LogP contribution in [0.15, 0.2) is 23.1 Å². The highest BCUT2D eigenvalue weighted by atomic mass is 16.1. The summed E-state index contributed by atoms with van der Waals surface area (Å²) in [6.07, 6.45) is 4.10. The van der Waals surface area contributed by atoms with Crippen molar-refractivity contribution >= 4 is 5.52 Å². The highest BCUT2D eigenvalue weighted by molar-refractivity contribution is 5.43. The predicted octanol–water partition coefficient (Wildman–Crippen LogP) is 0.900. The molecule has 4 nitrogen and oxygen atoms in total. The summed E-state index contributed by atoms with van der Waals surface area (Å²) in [7, 11) is 0. The second-order valence-electron chi connectivity index (χ2n) is 3.45. The van der Waals surface area contributed by atoms with Crippen LogP contribution in [0.5, 0.6) is 0 Å². The molecule has 0 amide bonds. The first-order valence-electron chi connectivity index (χ1n) is 4.42. The molecular weight excluding hydrogens is 166 g/mol. The lowest BCUT2D eigenvalue weighted by Gasteiger charge is -1.98. The molecule has 66 valence electrons. The maximum atomic E-state index is 11.5. The quantitative estimate of drug-likeness (QED) is 0.700. The fraction of sp³-hybridized carbons (Fsp3) is 0.333. The molecule has 1 fully saturated rings. The fourth-order valence-electron chi connectivity index (χ4n) is 1.50. The number of hydrogen-bond acceptors (Lipinski definition) is 2. The third kappa shape index (κ3) is 0.983. The van der Waals surface area contributed by atoms with Crippen LogP contribution in [-0.2, 0) is 0 Å². The fourth-order valence-corrected chi connectivity index (χ4v) is 1.50. The van der Waals surface area contributed by atoms with Crippen LogP contribution in [0.25, 0.3) is 5.52 Å². The van der Waals surface area contributed by atoms with Crippen molar-refractivity contribution in [3.8, 4) is 0 Å². The highest BCUT2D eigenvalue weighted by Crippen LogP contribution is 2.37. The molecule has 13 heavy (non-hydrogen) atoms. The molecule has 0 aliphatic heterocycles. The predicted molar refractivity (Wildman–Crippen MR) is 47.8 cm³/mol. The first-order valence-corrected chi connectivity index (χ1v) is 4.42. The molecule has 0 unspecified atom stereocenters. The van der Waals surface area contributed by atoms with Gasteiger partial charge in [0.1, 0.15) is 11.3 Å². The van der Waals surface area contributed by atoms with Gasteiger partial charge in [0.2, 0.25) is 0 Å². The number of hydrogen-bond donors (Lipinski definition) is 1. The average Bonchev–Trinajstić information content (AvgIpc) is 2.85. The molecule has 2 heterocycles. The maximum absolute atomic E-state index is 11.5. The normalized spacial score (nSPS) is 16.6. The Morgan fingerprint density at radius 2 is 2.38 bits per heavy atom. The summed E-state index contributed by atoms with van der Waals surface area (Å²) in [6.45, 7) is 0. The van der Waals surface area contributed by atoms with Crippen molar-refractivity contribution in [1.82, 2.24) is 14.6 Å². The Bertz CT molecular complexity index is 507. The van der Waals surface area contributed by atoms with Crippen LogP contribution in [0.2, 0.25) is 0 Å². The van der Waals surface area contributed by atoms with Gasteiger partial charge in [-0.3, -0.25) is 4.79 Å². The van der Waals surface area contributed by atoms with Gasteiger partial charge in [-0.2, -0.15) is 5.10 Å². The van der Waals surface area contributed by atoms with E-state index in [1.807, 2.05) is 6.07 Å². The van der Waals surface area contributed by atoms with Gasteiger partial charge in [0.05, 0.1) is 0 Å². The van der Waals surface area contributed by atoms with Crippen molar-refractivity contribution in [2.75, 3.05) is 0 Å². The summed E-state index contributed by atoms with van der Waals surface area (Å²) in [6, 6.07) is 3.59. The number of H-pyrrole nitrogens is 1. The Morgan fingerprint density at radius 1 is 1.54 bits per heavy atom. The van der Waals surface area contributed by atoms with E-state index in [0.29, 0.717) is 11.4 Å². The number of aromatic nitrogens is 3. The van der Waals surface area contributed by atoms with Gasteiger partial charge >= 0.3 is 0 Å². The summed E-state index contributed by atoms with van der Waals surface area (Å²) < 4.78 is 1.65. The minimum absolute atomic E-state index is 0.0399. The molecule has 0 saturated heterocycles. The zero-order valence-electron chi connectivity index (χ0n) is 7.03. The summed E-state index contributed by atoms with van der Waals surface area (Å²) in [4.78, 5) is 14.3. The Balaban J connectivity index is 2.33. The molecule has 0 bridgehead atoms. The molecule has 2 aromatic heterocycles. The van der Waals surface area contributed by atoms with E-state index in [1.54, 1.807) is 16.8 Å². The molecule has 1 saturated carbocycles. The van der Waals surface area contributed by atoms with Gasteiger partial charge in [-0.05, 0) is 25.0 Å². The van der Waals surface area contributed by atoms with Crippen LogP contribution in [-0.4, -0.2) is 14.6 Å². The molecule has 0 radical (unpaired) electrons. The molecule has 2 aromatic rings. The largest absolute Gasteiger partial charge is 0.307 e. The zero-order chi connectivity index (χ0) is 8.84. The lowest BCUT2D eigenvalue weighted by atomic mass is 10.4. The number of aromatic amines is 1. The van der Waals surface area contributed by atoms with Crippen LogP contribution < -0.4 is 5.56 Å². The van der Waals surface area contributed by atoms with Gasteiger partial charge < -0.3 is 4.98 Å². The minimum Gasteiger partial charge on any atom is -0.307 e. The van der Waals surface area contributed by atoms with E-state index in [2.05, 4.69) is 10.1 Å². The number of rotatable bonds is 1. The van der Waals surface area contributed by atoms with Crippen LogP contribution in [0.3, 0.4) is 0 Å². The molecule has 0 atom stereocenters. The van der Waals surface area contributed by atoms with Gasteiger partial charge in [0.15, 0.2) is 0 Å². The Morgan fingerprint density at radius 3 is 3.15 bits per heavy atom. The van der Waals surface area contributed by atoms with Crippen LogP contribution in [0, 0.1) is 0 Å². The van der Waals surface area contributed by atoms with E-state index >= 15 is 0 Å². The zero-order valence-corrected chi connectivity index (χ0v) is 7.03. The third-order valence-corrected chi connectivity index (χ3v) is 2.38. The molecule has 1 aliphatic carbocycles. The Hall–Kier alpha value is -1.58. The van der Waals surface area contributed by atoms with E-state index in [4.69, 9.17) is 0 Å². The van der Waals surface area contributed by atoms with E-state index in [0.717, 1.165) is 18.7 Å². The van der Waals surface area contributed by atoms with E-state index in [1.165, 1.54) is 0 Å². The summed E-state index contributed by atoms with van der Waals surface area (Å²) in [5.41, 5.74) is 0.575. The summed E-state index contributed by atoms with van der Waals surface area (Å²) >= 11 is 0. The SMILES string of the molecule is O=c1[nH]c(C2CC2)nn2cccc12. The van der Waals surface area contributed by atoms with Crippen LogP contribution in [0.1, 0.15) is 24.6 Å². The summed E-state index contributed by atoms with van der Waals surface area (Å²) in [5, 5.41) is 4.32. The Kier molecular flexibility index (Phi) is 1.17. The lowest BCUT2D eigenvalue weighted by molar-refractivity contribution is 0.792. The standard InChI is InChI=1S/C9H9N3O/c13-9-7-2-1-5-12(7)11-8(10-9)6-3-4-6/h1-2,5-6H,3-4H2,(H,10,11,13). The number of fused-ring (bicyclic) bond motifs is 1. The second kappa shape index (κ2) is 2.22. The van der Waals surface area contributed by atoms with Gasteiger partial charge in [-0.1, -0.05) is 0 Å². The first-order chi connectivity index (χ1) is 6.34. The van der Waals surface area contributed by atoms with Gasteiger partial charge in [-0.25, -0.2) is 4.52 Å². The molecule has 1 N–H and O–H groups in total. The molecule has 3 rings (SSSR count). The first kappa shape index (κ1) is 6.88. The highest BCUT2D eigenvalue weighted by Gasteiger charge is 2.26. The maximum Gasteiger partial charge on any atom is 0.275 e. The van der Waals surface area contributed by atoms with Gasteiger partial charge in [0.25, 0.3) is 5.56 Å². The monoisotopic (exact) mass is 175 g/mol. The third-order valence-electron chi connectivity index (χ3n) is 2.38. The number of nitrogens with one attached hydrogen (secondary N) is 1. The topological polar surface area (TPSA) is 50.2 Å². The molecule has 1 aliphatic rings. The number of nitrogens with zero attached hydrogens (tertiary/aromatic N) is 2. The van der Waals surface area contributed by atoms with Crippen molar-refractivity contribution < 1.29 is 0 Å². The summed E-state index contributed by atoms with van der Waals surface area (Å²) in [5.74, 6) is 1.31.